The number of ether oxygens (including phenoxy) is 1. The summed E-state index contributed by atoms with van der Waals surface area (Å²) in [5.74, 6) is -1.49. The summed E-state index contributed by atoms with van der Waals surface area (Å²) in [5, 5.41) is 10.8. The highest BCUT2D eigenvalue weighted by molar-refractivity contribution is 8.02. The van der Waals surface area contributed by atoms with Crippen LogP contribution in [0.5, 0.6) is 5.75 Å². The Morgan fingerprint density at radius 1 is 0.929 bits per heavy atom. The van der Waals surface area contributed by atoms with Crippen molar-refractivity contribution in [2.24, 2.45) is 11.8 Å². The molecule has 6 atom stereocenters. The van der Waals surface area contributed by atoms with Crippen molar-refractivity contribution in [3.63, 3.8) is 0 Å². The van der Waals surface area contributed by atoms with Crippen molar-refractivity contribution in [3.05, 3.63) is 77.9 Å². The highest BCUT2D eigenvalue weighted by Crippen LogP contribution is 2.66. The molecule has 3 amide bonds. The molecule has 4 aliphatic rings. The van der Waals surface area contributed by atoms with Gasteiger partial charge in [-0.3, -0.25) is 14.4 Å². The quantitative estimate of drug-likeness (QED) is 0.492. The van der Waals surface area contributed by atoms with Crippen LogP contribution in [0.25, 0.3) is 0 Å². The van der Waals surface area contributed by atoms with Crippen molar-refractivity contribution in [2.45, 2.75) is 42.3 Å². The van der Waals surface area contributed by atoms with E-state index in [0.717, 1.165) is 0 Å². The first-order chi connectivity index (χ1) is 20.1. The summed E-state index contributed by atoms with van der Waals surface area (Å²) >= 11 is 7.64. The highest BCUT2D eigenvalue weighted by atomic mass is 35.5. The number of thioether (sulfide) groups is 1. The minimum absolute atomic E-state index is 0.161. The molecule has 8 nitrogen and oxygen atoms in total. The number of benzene rings is 2. The molecule has 1 unspecified atom stereocenters. The van der Waals surface area contributed by atoms with E-state index in [9.17, 15) is 19.5 Å². The Balaban J connectivity index is 1.44. The summed E-state index contributed by atoms with van der Waals surface area (Å²) in [6.45, 7) is 6.57. The Kier molecular flexibility index (Phi) is 7.40. The average molecular weight is 608 g/mol. The number of hydrogen-bond donors (Lipinski definition) is 1. The Morgan fingerprint density at radius 3 is 2.14 bits per heavy atom. The zero-order chi connectivity index (χ0) is 29.8. The van der Waals surface area contributed by atoms with Gasteiger partial charge in [-0.15, -0.1) is 11.8 Å². The monoisotopic (exact) mass is 607 g/mol. The normalized spacial score (nSPS) is 31.0. The maximum atomic E-state index is 14.5. The SMILES string of the molecule is CCOc1ccc(N2CC=C[C@]3(C)S[C@]45C=CCN(c6ccc(Cl)cc6)C(=O)C4N([C@H](C)CO)C(=O)[C@@H]5[C@@H]3C2=O)cc1. The molecule has 0 aromatic heterocycles. The molecule has 2 fully saturated rings. The molecule has 4 aliphatic heterocycles. The number of fused-ring (bicyclic) bond motifs is 2. The second-order valence-corrected chi connectivity index (χ2v) is 13.6. The minimum atomic E-state index is -1.000. The predicted molar refractivity (Wildman–Crippen MR) is 165 cm³/mol. The largest absolute Gasteiger partial charge is 0.494 e. The molecule has 1 spiro atoms. The second-order valence-electron chi connectivity index (χ2n) is 11.4. The predicted octanol–water partition coefficient (Wildman–Crippen LogP) is 4.31. The molecule has 2 aromatic rings. The van der Waals surface area contributed by atoms with E-state index in [1.165, 1.54) is 16.7 Å². The average Bonchev–Trinajstić information content (AvgIpc) is 3.25. The van der Waals surface area contributed by atoms with Gasteiger partial charge in [-0.2, -0.15) is 0 Å². The van der Waals surface area contributed by atoms with Gasteiger partial charge in [-0.25, -0.2) is 0 Å². The van der Waals surface area contributed by atoms with Crippen molar-refractivity contribution >= 4 is 52.5 Å². The molecule has 0 aliphatic carbocycles. The van der Waals surface area contributed by atoms with Gasteiger partial charge in [-0.1, -0.05) is 35.9 Å². The van der Waals surface area contributed by atoms with Crippen LogP contribution in [0.3, 0.4) is 0 Å². The van der Waals surface area contributed by atoms with E-state index in [-0.39, 0.29) is 24.3 Å². The summed E-state index contributed by atoms with van der Waals surface area (Å²) in [5.41, 5.74) is 1.38. The van der Waals surface area contributed by atoms with E-state index in [1.54, 1.807) is 41.0 Å². The molecule has 220 valence electrons. The Morgan fingerprint density at radius 2 is 1.52 bits per heavy atom. The highest BCUT2D eigenvalue weighted by Gasteiger charge is 2.74. The summed E-state index contributed by atoms with van der Waals surface area (Å²) < 4.78 is 3.85. The first-order valence-corrected chi connectivity index (χ1v) is 15.4. The fraction of sp³-hybridized carbons (Fsp3) is 0.406. The molecule has 2 saturated heterocycles. The first kappa shape index (κ1) is 28.8. The van der Waals surface area contributed by atoms with Gasteiger partial charge < -0.3 is 24.5 Å². The number of likely N-dealkylation sites (tertiary alicyclic amines) is 1. The number of rotatable bonds is 6. The zero-order valence-corrected chi connectivity index (χ0v) is 25.3. The molecule has 0 saturated carbocycles. The van der Waals surface area contributed by atoms with Gasteiger partial charge in [0, 0.05) is 34.2 Å². The topological polar surface area (TPSA) is 90.4 Å². The molecule has 0 bridgehead atoms. The number of hydrogen-bond acceptors (Lipinski definition) is 6. The number of carbonyl (C=O) groups excluding carboxylic acids is 3. The summed E-state index contributed by atoms with van der Waals surface area (Å²) in [7, 11) is 0. The molecule has 2 aromatic carbocycles. The first-order valence-electron chi connectivity index (χ1n) is 14.2. The van der Waals surface area contributed by atoms with Gasteiger partial charge in [0.1, 0.15) is 11.8 Å². The number of anilines is 2. The molecule has 1 N–H and O–H groups in total. The standard InChI is InChI=1S/C32H34ClN3O5S/c1-4-41-24-13-11-23(12-14-24)34-17-5-15-31(3)25(28(34)38)26-29(39)36(20(2)19-37)27-30(40)35(18-6-16-32(26,27)42-31)22-9-7-21(33)8-10-22/h5-16,20,25-27,37H,4,17-19H2,1-3H3/t20-,25-,26+,27?,31+,32+/m1/s1. The Labute approximate surface area is 254 Å². The van der Waals surface area contributed by atoms with Crippen LogP contribution in [-0.4, -0.2) is 75.6 Å². The fourth-order valence-corrected chi connectivity index (χ4v) is 9.27. The molecule has 4 heterocycles. The Bertz CT molecular complexity index is 1460. The number of carbonyl (C=O) groups is 3. The number of halogens is 1. The molecular formula is C32H34ClN3O5S. The maximum absolute atomic E-state index is 14.5. The van der Waals surface area contributed by atoms with Gasteiger partial charge >= 0.3 is 0 Å². The van der Waals surface area contributed by atoms with Crippen molar-refractivity contribution in [2.75, 3.05) is 36.1 Å². The van der Waals surface area contributed by atoms with E-state index >= 15 is 0 Å². The minimum Gasteiger partial charge on any atom is -0.494 e. The lowest BCUT2D eigenvalue weighted by molar-refractivity contribution is -0.141. The van der Waals surface area contributed by atoms with E-state index < -0.39 is 33.4 Å². The van der Waals surface area contributed by atoms with Crippen molar-refractivity contribution in [1.29, 1.82) is 0 Å². The lowest BCUT2D eigenvalue weighted by Crippen LogP contribution is -2.56. The van der Waals surface area contributed by atoms with Gasteiger partial charge in [0.25, 0.3) is 5.91 Å². The third-order valence-electron chi connectivity index (χ3n) is 8.83. The van der Waals surface area contributed by atoms with Gasteiger partial charge in [0.2, 0.25) is 11.8 Å². The van der Waals surface area contributed by atoms with Crippen LogP contribution in [-0.2, 0) is 14.4 Å². The van der Waals surface area contributed by atoms with Gasteiger partial charge in [0.15, 0.2) is 0 Å². The molecular weight excluding hydrogens is 574 g/mol. The van der Waals surface area contributed by atoms with Crippen LogP contribution in [0.2, 0.25) is 5.02 Å². The fourth-order valence-electron chi connectivity index (χ4n) is 7.00. The van der Waals surface area contributed by atoms with Crippen LogP contribution in [0.4, 0.5) is 11.4 Å². The van der Waals surface area contributed by atoms with E-state index in [4.69, 9.17) is 16.3 Å². The van der Waals surface area contributed by atoms with Crippen LogP contribution < -0.4 is 14.5 Å². The van der Waals surface area contributed by atoms with Crippen LogP contribution in [0.1, 0.15) is 20.8 Å². The van der Waals surface area contributed by atoms with Gasteiger partial charge in [-0.05, 0) is 69.3 Å². The third kappa shape index (κ3) is 4.36. The number of nitrogens with zero attached hydrogens (tertiary/aromatic N) is 3. The van der Waals surface area contributed by atoms with Gasteiger partial charge in [0.05, 0.1) is 35.8 Å². The molecule has 42 heavy (non-hydrogen) atoms. The van der Waals surface area contributed by atoms with Crippen LogP contribution in [0, 0.1) is 11.8 Å². The lowest BCUT2D eigenvalue weighted by Gasteiger charge is -2.38. The molecule has 6 rings (SSSR count). The number of aliphatic hydroxyl groups excluding tert-OH is 1. The smallest absolute Gasteiger partial charge is 0.251 e. The van der Waals surface area contributed by atoms with E-state index in [2.05, 4.69) is 0 Å². The maximum Gasteiger partial charge on any atom is 0.251 e. The summed E-state index contributed by atoms with van der Waals surface area (Å²) in [6, 6.07) is 12.9. The molecule has 0 radical (unpaired) electrons. The zero-order valence-electron chi connectivity index (χ0n) is 23.8. The second kappa shape index (κ2) is 10.8. The number of aliphatic hydroxyl groups is 1. The summed E-state index contributed by atoms with van der Waals surface area (Å²) in [4.78, 5) is 48.4. The summed E-state index contributed by atoms with van der Waals surface area (Å²) in [6.07, 6.45) is 7.92. The van der Waals surface area contributed by atoms with Crippen LogP contribution in [0.15, 0.2) is 72.8 Å². The van der Waals surface area contributed by atoms with Crippen molar-refractivity contribution < 1.29 is 24.2 Å². The van der Waals surface area contributed by atoms with E-state index in [0.29, 0.717) is 41.8 Å². The third-order valence-corrected chi connectivity index (χ3v) is 10.9. The number of amides is 3. The molecule has 10 heteroatoms. The van der Waals surface area contributed by atoms with Crippen molar-refractivity contribution in [1.82, 2.24) is 4.90 Å². The Hall–Kier alpha value is -3.27. The lowest BCUT2D eigenvalue weighted by atomic mass is 9.74. The van der Waals surface area contributed by atoms with Crippen molar-refractivity contribution in [3.8, 4) is 5.75 Å². The van der Waals surface area contributed by atoms with E-state index in [1.807, 2.05) is 62.4 Å². The van der Waals surface area contributed by atoms with Crippen LogP contribution >= 0.6 is 23.4 Å².